The van der Waals surface area contributed by atoms with Crippen molar-refractivity contribution >= 4 is 17.0 Å². The molecule has 1 aromatic carbocycles. The molecule has 0 radical (unpaired) electrons. The fourth-order valence-corrected chi connectivity index (χ4v) is 2.25. The molecule has 20 heavy (non-hydrogen) atoms. The second-order valence-corrected chi connectivity index (χ2v) is 4.48. The van der Waals surface area contributed by atoms with Gasteiger partial charge in [0.15, 0.2) is 11.8 Å². The third-order valence-corrected chi connectivity index (χ3v) is 3.09. The van der Waals surface area contributed by atoms with Crippen LogP contribution in [0.2, 0.25) is 0 Å². The molecule has 3 rings (SSSR count). The molecule has 0 spiro atoms. The second-order valence-electron chi connectivity index (χ2n) is 4.48. The molecule has 102 valence electrons. The average molecular weight is 269 g/mol. The number of aryl methyl sites for hydroxylation is 1. The van der Waals surface area contributed by atoms with Gasteiger partial charge in [-0.3, -0.25) is 4.57 Å². The van der Waals surface area contributed by atoms with Crippen LogP contribution < -0.4 is 4.57 Å². The predicted molar refractivity (Wildman–Crippen MR) is 74.3 cm³/mol. The van der Waals surface area contributed by atoms with Gasteiger partial charge in [0.25, 0.3) is 0 Å². The highest BCUT2D eigenvalue weighted by Gasteiger charge is 2.15. The highest BCUT2D eigenvalue weighted by molar-refractivity contribution is 5.81. The van der Waals surface area contributed by atoms with Crippen LogP contribution in [-0.4, -0.2) is 21.6 Å². The maximum Gasteiger partial charge on any atom is 0.300 e. The van der Waals surface area contributed by atoms with E-state index in [1.165, 1.54) is 19.0 Å². The Hall–Kier alpha value is -2.47. The van der Waals surface area contributed by atoms with Gasteiger partial charge in [-0.25, -0.2) is 4.57 Å². The van der Waals surface area contributed by atoms with Crippen LogP contribution in [0.5, 0.6) is 0 Å². The standard InChI is InChI=1S/C14H15N5O/c1-18-10-19(8-11-6-4-3-5-7-11)12-13(17-20-2)15-9-16-14(12)18/h3-7,9-10H,8H2,1-2H3. The molecule has 0 bridgehead atoms. The van der Waals surface area contributed by atoms with Gasteiger partial charge >= 0.3 is 5.65 Å². The quantitative estimate of drug-likeness (QED) is 0.536. The second kappa shape index (κ2) is 5.26. The first-order valence-corrected chi connectivity index (χ1v) is 6.27. The van der Waals surface area contributed by atoms with Gasteiger partial charge < -0.3 is 15.3 Å². The summed E-state index contributed by atoms with van der Waals surface area (Å²) in [7, 11) is 3.46. The van der Waals surface area contributed by atoms with Crippen LogP contribution in [0.4, 0.5) is 5.82 Å². The third kappa shape index (κ3) is 2.21. The third-order valence-electron chi connectivity index (χ3n) is 3.09. The number of aromatic nitrogens is 4. The number of fused-ring (bicyclic) bond motifs is 1. The van der Waals surface area contributed by atoms with E-state index < -0.39 is 0 Å². The van der Waals surface area contributed by atoms with Crippen LogP contribution in [0.1, 0.15) is 5.56 Å². The van der Waals surface area contributed by atoms with Crippen LogP contribution in [0.25, 0.3) is 16.6 Å². The van der Waals surface area contributed by atoms with Crippen molar-refractivity contribution in [1.82, 2.24) is 14.5 Å². The fraction of sp³-hybridized carbons (Fsp3) is 0.214. The van der Waals surface area contributed by atoms with E-state index >= 15 is 0 Å². The Balaban J connectivity index is 2.10. The Morgan fingerprint density at radius 1 is 1.25 bits per heavy atom. The lowest BCUT2D eigenvalue weighted by atomic mass is 10.2. The van der Waals surface area contributed by atoms with Gasteiger partial charge in [-0.05, 0) is 5.56 Å². The molecule has 2 aromatic heterocycles. The van der Waals surface area contributed by atoms with Crippen LogP contribution in [0.3, 0.4) is 0 Å². The zero-order valence-electron chi connectivity index (χ0n) is 11.4. The number of nitrogens with zero attached hydrogens (tertiary/aromatic N) is 5. The number of benzene rings is 1. The van der Waals surface area contributed by atoms with Crippen LogP contribution >= 0.6 is 0 Å². The minimum Gasteiger partial charge on any atom is -0.407 e. The van der Waals surface area contributed by atoms with Crippen LogP contribution in [0, 0.1) is 0 Å². The van der Waals surface area contributed by atoms with Gasteiger partial charge in [-0.2, -0.15) is 0 Å². The number of hydrogen-bond acceptors (Lipinski definition) is 3. The summed E-state index contributed by atoms with van der Waals surface area (Å²) in [6, 6.07) is 10.2. The first-order chi connectivity index (χ1) is 9.79. The average Bonchev–Trinajstić information content (AvgIpc) is 2.78. The van der Waals surface area contributed by atoms with E-state index in [9.17, 15) is 0 Å². The molecule has 0 unspecified atom stereocenters. The Bertz CT molecular complexity index is 723. The van der Waals surface area contributed by atoms with E-state index in [4.69, 9.17) is 4.84 Å². The van der Waals surface area contributed by atoms with Gasteiger partial charge in [0.05, 0.1) is 19.9 Å². The first-order valence-electron chi connectivity index (χ1n) is 6.27. The first kappa shape index (κ1) is 12.6. The number of imidazole rings is 1. The number of rotatable bonds is 4. The highest BCUT2D eigenvalue weighted by atomic mass is 16.6. The SMILES string of the molecule is CO[N-]c1ncnc2c1n(Cc1ccccc1)c[n+]2C. The summed E-state index contributed by atoms with van der Waals surface area (Å²) in [5.74, 6) is 0.536. The Kier molecular flexibility index (Phi) is 3.30. The van der Waals surface area contributed by atoms with E-state index in [1.54, 1.807) is 0 Å². The maximum absolute atomic E-state index is 4.86. The van der Waals surface area contributed by atoms with Gasteiger partial charge in [-0.15, -0.1) is 4.98 Å². The summed E-state index contributed by atoms with van der Waals surface area (Å²) in [5.41, 5.74) is 6.86. The van der Waals surface area contributed by atoms with Crippen LogP contribution in [-0.2, 0) is 18.4 Å². The van der Waals surface area contributed by atoms with E-state index in [0.717, 1.165) is 17.7 Å². The largest absolute Gasteiger partial charge is 0.407 e. The van der Waals surface area contributed by atoms with E-state index in [2.05, 4.69) is 32.1 Å². The van der Waals surface area contributed by atoms with Crippen molar-refractivity contribution in [2.45, 2.75) is 6.54 Å². The van der Waals surface area contributed by atoms with Gasteiger partial charge in [0.2, 0.25) is 0 Å². The molecule has 0 saturated heterocycles. The minimum atomic E-state index is 0.536. The zero-order valence-corrected chi connectivity index (χ0v) is 11.4. The molecule has 0 N–H and O–H groups in total. The van der Waals surface area contributed by atoms with Crippen molar-refractivity contribution in [2.75, 3.05) is 7.11 Å². The Morgan fingerprint density at radius 3 is 2.80 bits per heavy atom. The Labute approximate surface area is 116 Å². The van der Waals surface area contributed by atoms with Crippen molar-refractivity contribution in [3.8, 4) is 0 Å². The summed E-state index contributed by atoms with van der Waals surface area (Å²) in [5, 5.41) is 0. The lowest BCUT2D eigenvalue weighted by Gasteiger charge is -2.11. The van der Waals surface area contributed by atoms with Crippen molar-refractivity contribution < 1.29 is 9.40 Å². The maximum atomic E-state index is 4.86. The molecule has 0 atom stereocenters. The van der Waals surface area contributed by atoms with E-state index in [1.807, 2.05) is 36.1 Å². The van der Waals surface area contributed by atoms with Crippen molar-refractivity contribution in [3.63, 3.8) is 0 Å². The molecule has 6 nitrogen and oxygen atoms in total. The molecular formula is C14H15N5O. The van der Waals surface area contributed by atoms with Crippen molar-refractivity contribution in [3.05, 3.63) is 54.0 Å². The van der Waals surface area contributed by atoms with Crippen molar-refractivity contribution in [2.24, 2.45) is 7.05 Å². The summed E-state index contributed by atoms with van der Waals surface area (Å²) in [6.45, 7) is 0.734. The van der Waals surface area contributed by atoms with Crippen LogP contribution in [0.15, 0.2) is 43.0 Å². The van der Waals surface area contributed by atoms with E-state index in [0.29, 0.717) is 5.82 Å². The molecule has 0 fully saturated rings. The number of hydrogen-bond donors (Lipinski definition) is 0. The molecule has 0 aliphatic rings. The van der Waals surface area contributed by atoms with Gasteiger partial charge in [-0.1, -0.05) is 30.3 Å². The Morgan fingerprint density at radius 2 is 2.05 bits per heavy atom. The molecule has 3 aromatic rings. The smallest absolute Gasteiger partial charge is 0.300 e. The zero-order chi connectivity index (χ0) is 13.9. The molecule has 0 saturated carbocycles. The van der Waals surface area contributed by atoms with Crippen molar-refractivity contribution in [1.29, 1.82) is 0 Å². The van der Waals surface area contributed by atoms with Gasteiger partial charge in [0, 0.05) is 12.9 Å². The normalized spacial score (nSPS) is 10.9. The van der Waals surface area contributed by atoms with E-state index in [-0.39, 0.29) is 0 Å². The summed E-state index contributed by atoms with van der Waals surface area (Å²) in [6.07, 6.45) is 3.48. The topological polar surface area (TPSA) is 57.9 Å². The monoisotopic (exact) mass is 269 g/mol. The molecule has 6 heteroatoms. The summed E-state index contributed by atoms with van der Waals surface area (Å²) < 4.78 is 4.02. The molecule has 0 amide bonds. The van der Waals surface area contributed by atoms with Gasteiger partial charge in [0.1, 0.15) is 0 Å². The lowest BCUT2D eigenvalue weighted by molar-refractivity contribution is -0.647. The predicted octanol–water partition coefficient (Wildman–Crippen LogP) is 1.87. The summed E-state index contributed by atoms with van der Waals surface area (Å²) in [4.78, 5) is 13.3. The fourth-order valence-electron chi connectivity index (χ4n) is 2.25. The molecular weight excluding hydrogens is 254 g/mol. The molecule has 0 aliphatic carbocycles. The highest BCUT2D eigenvalue weighted by Crippen LogP contribution is 2.24. The summed E-state index contributed by atoms with van der Waals surface area (Å²) >= 11 is 0. The molecule has 0 aliphatic heterocycles. The molecule has 2 heterocycles. The minimum absolute atomic E-state index is 0.536. The lowest BCUT2D eigenvalue weighted by Crippen LogP contribution is -2.26.